The van der Waals surface area contributed by atoms with E-state index >= 15 is 0 Å². The predicted octanol–water partition coefficient (Wildman–Crippen LogP) is 9.53. The molecule has 0 aromatic rings. The Morgan fingerprint density at radius 1 is 0.586 bits per heavy atom. The van der Waals surface area contributed by atoms with Crippen LogP contribution in [-0.2, 0) is 0 Å². The van der Waals surface area contributed by atoms with Crippen LogP contribution >= 0.6 is 0 Å². The zero-order valence-corrected chi connectivity index (χ0v) is 22.6. The molecule has 0 N–H and O–H groups in total. The summed E-state index contributed by atoms with van der Waals surface area (Å²) in [4.78, 5) is 4.72. The second kappa shape index (κ2) is 18.4. The summed E-state index contributed by atoms with van der Waals surface area (Å²) < 4.78 is 0. The normalized spacial score (nSPS) is 12.6. The fraction of sp³-hybridized carbons (Fsp3) is 0.808. The van der Waals surface area contributed by atoms with Crippen molar-refractivity contribution in [3.8, 4) is 0 Å². The Morgan fingerprint density at radius 3 is 1.52 bits per heavy atom. The van der Waals surface area contributed by atoms with Gasteiger partial charge in [0.2, 0.25) is 0 Å². The standard InChI is InChI=1S/C26H53NSi2/c1-7-23-28(9-3,10-4)25-20-18-16-14-13-15-17-19-21-27-22-26-29(11-5,12-6)24-8-2/h7-8,22H,1-2,9-21,23-26H2,3-6H3. The van der Waals surface area contributed by atoms with E-state index in [2.05, 4.69) is 59.2 Å². The van der Waals surface area contributed by atoms with E-state index in [1.165, 1.54) is 99.7 Å². The Kier molecular flexibility index (Phi) is 18.1. The van der Waals surface area contributed by atoms with Gasteiger partial charge in [-0.05, 0) is 30.8 Å². The van der Waals surface area contributed by atoms with E-state index in [0.717, 1.165) is 6.54 Å². The Labute approximate surface area is 186 Å². The molecule has 1 nitrogen and oxygen atoms in total. The van der Waals surface area contributed by atoms with Crippen molar-refractivity contribution < 1.29 is 0 Å². The quantitative estimate of drug-likeness (QED) is 0.0736. The van der Waals surface area contributed by atoms with Crippen LogP contribution in [0.25, 0.3) is 0 Å². The van der Waals surface area contributed by atoms with Gasteiger partial charge in [0.1, 0.15) is 0 Å². The minimum Gasteiger partial charge on any atom is -0.298 e. The van der Waals surface area contributed by atoms with Crippen molar-refractivity contribution in [1.29, 1.82) is 0 Å². The molecule has 0 amide bonds. The number of nitrogens with zero attached hydrogens (tertiary/aromatic N) is 1. The summed E-state index contributed by atoms with van der Waals surface area (Å²) in [5.74, 6) is 0. The molecule has 0 radical (unpaired) electrons. The third-order valence-electron chi connectivity index (χ3n) is 7.55. The van der Waals surface area contributed by atoms with Crippen LogP contribution in [0, 0.1) is 0 Å². The highest BCUT2D eigenvalue weighted by atomic mass is 28.3. The van der Waals surface area contributed by atoms with E-state index < -0.39 is 16.1 Å². The van der Waals surface area contributed by atoms with E-state index in [0.29, 0.717) is 0 Å². The lowest BCUT2D eigenvalue weighted by atomic mass is 10.1. The lowest BCUT2D eigenvalue weighted by Gasteiger charge is -2.28. The molecule has 170 valence electrons. The molecule has 0 saturated heterocycles. The smallest absolute Gasteiger partial charge is 0.0621 e. The van der Waals surface area contributed by atoms with Gasteiger partial charge in [-0.3, -0.25) is 4.99 Å². The highest BCUT2D eigenvalue weighted by molar-refractivity contribution is 6.82. The number of hydrogen-bond donors (Lipinski definition) is 0. The predicted molar refractivity (Wildman–Crippen MR) is 143 cm³/mol. The van der Waals surface area contributed by atoms with Gasteiger partial charge in [0.05, 0.1) is 16.1 Å². The van der Waals surface area contributed by atoms with Gasteiger partial charge in [-0.1, -0.05) is 115 Å². The van der Waals surface area contributed by atoms with Crippen LogP contribution in [0.15, 0.2) is 30.3 Å². The number of allylic oxidation sites excluding steroid dienone is 2. The summed E-state index contributed by atoms with van der Waals surface area (Å²) in [6.45, 7) is 18.6. The maximum Gasteiger partial charge on any atom is 0.0621 e. The number of aliphatic imine (C=N–C) groups is 1. The molecule has 0 aromatic heterocycles. The van der Waals surface area contributed by atoms with Crippen LogP contribution in [0.4, 0.5) is 0 Å². The van der Waals surface area contributed by atoms with E-state index in [1.807, 2.05) is 0 Å². The number of unbranched alkanes of at least 4 members (excludes halogenated alkanes) is 7. The van der Waals surface area contributed by atoms with Crippen molar-refractivity contribution in [1.82, 2.24) is 0 Å². The Bertz CT molecular complexity index is 422. The molecular weight excluding hydrogens is 382 g/mol. The maximum atomic E-state index is 4.72. The zero-order valence-electron chi connectivity index (χ0n) is 20.6. The van der Waals surface area contributed by atoms with Crippen molar-refractivity contribution in [3.63, 3.8) is 0 Å². The average molecular weight is 436 g/mol. The van der Waals surface area contributed by atoms with Crippen LogP contribution in [0.5, 0.6) is 0 Å². The van der Waals surface area contributed by atoms with E-state index in [1.54, 1.807) is 0 Å². The molecule has 0 atom stereocenters. The second-order valence-corrected chi connectivity index (χ2v) is 19.8. The maximum absolute atomic E-state index is 4.72. The Morgan fingerprint density at radius 2 is 1.03 bits per heavy atom. The molecule has 0 unspecified atom stereocenters. The van der Waals surface area contributed by atoms with E-state index in [9.17, 15) is 0 Å². The third kappa shape index (κ3) is 12.8. The molecule has 0 heterocycles. The van der Waals surface area contributed by atoms with Gasteiger partial charge in [0, 0.05) is 6.54 Å². The highest BCUT2D eigenvalue weighted by Crippen LogP contribution is 2.28. The fourth-order valence-corrected chi connectivity index (χ4v) is 11.2. The molecule has 0 bridgehead atoms. The fourth-order valence-electron chi connectivity index (χ4n) is 4.63. The van der Waals surface area contributed by atoms with Gasteiger partial charge in [0.25, 0.3) is 0 Å². The first-order valence-electron chi connectivity index (χ1n) is 12.8. The first-order valence-corrected chi connectivity index (χ1v) is 18.4. The van der Waals surface area contributed by atoms with Crippen molar-refractivity contribution in [2.45, 2.75) is 127 Å². The summed E-state index contributed by atoms with van der Waals surface area (Å²) in [5, 5.41) is 0. The highest BCUT2D eigenvalue weighted by Gasteiger charge is 2.26. The van der Waals surface area contributed by atoms with E-state index in [-0.39, 0.29) is 0 Å². The minimum atomic E-state index is -1.13. The first kappa shape index (κ1) is 28.6. The molecule has 0 aliphatic heterocycles. The van der Waals surface area contributed by atoms with E-state index in [4.69, 9.17) is 4.99 Å². The largest absolute Gasteiger partial charge is 0.298 e. The van der Waals surface area contributed by atoms with Gasteiger partial charge in [-0.2, -0.15) is 0 Å². The lowest BCUT2D eigenvalue weighted by molar-refractivity contribution is 0.577. The van der Waals surface area contributed by atoms with Crippen LogP contribution in [0.1, 0.15) is 79.1 Å². The summed E-state index contributed by atoms with van der Waals surface area (Å²) in [6, 6.07) is 10.9. The SMILES string of the molecule is C=CC[Si](CC)(CC)CC=NCCCCCCCCCC[Si](CC)(CC)CC=C. The number of hydrogen-bond acceptors (Lipinski definition) is 1. The topological polar surface area (TPSA) is 12.4 Å². The van der Waals surface area contributed by atoms with Crippen molar-refractivity contribution >= 4 is 22.4 Å². The van der Waals surface area contributed by atoms with Crippen LogP contribution < -0.4 is 0 Å². The first-order chi connectivity index (χ1) is 14.1. The van der Waals surface area contributed by atoms with Gasteiger partial charge >= 0.3 is 0 Å². The lowest BCUT2D eigenvalue weighted by Crippen LogP contribution is -2.31. The summed E-state index contributed by atoms with van der Waals surface area (Å²) >= 11 is 0. The van der Waals surface area contributed by atoms with Crippen LogP contribution in [0.2, 0.25) is 48.4 Å². The van der Waals surface area contributed by atoms with Gasteiger partial charge in [-0.25, -0.2) is 0 Å². The molecule has 29 heavy (non-hydrogen) atoms. The molecular formula is C26H53NSi2. The summed E-state index contributed by atoms with van der Waals surface area (Å²) in [6.07, 6.45) is 17.8. The summed E-state index contributed by atoms with van der Waals surface area (Å²) in [7, 11) is -2.13. The molecule has 0 saturated carbocycles. The molecule has 0 aliphatic rings. The second-order valence-electron chi connectivity index (χ2n) is 9.27. The molecule has 0 aromatic carbocycles. The molecule has 0 spiro atoms. The van der Waals surface area contributed by atoms with Gasteiger partial charge in [0.15, 0.2) is 0 Å². The Balaban J connectivity index is 3.69. The van der Waals surface area contributed by atoms with Gasteiger partial charge < -0.3 is 0 Å². The monoisotopic (exact) mass is 435 g/mol. The molecule has 0 fully saturated rings. The van der Waals surface area contributed by atoms with Crippen molar-refractivity contribution in [2.75, 3.05) is 6.54 Å². The van der Waals surface area contributed by atoms with Crippen molar-refractivity contribution in [2.24, 2.45) is 4.99 Å². The molecule has 3 heteroatoms. The number of rotatable bonds is 21. The summed E-state index contributed by atoms with van der Waals surface area (Å²) in [5.41, 5.74) is 0. The molecule has 0 rings (SSSR count). The van der Waals surface area contributed by atoms with Crippen LogP contribution in [-0.4, -0.2) is 28.9 Å². The van der Waals surface area contributed by atoms with Crippen LogP contribution in [0.3, 0.4) is 0 Å². The average Bonchev–Trinajstić information content (AvgIpc) is 2.75. The third-order valence-corrected chi connectivity index (χ3v) is 18.3. The Hall–Kier alpha value is -0.416. The van der Waals surface area contributed by atoms with Crippen molar-refractivity contribution in [3.05, 3.63) is 25.3 Å². The minimum absolute atomic E-state index is 0.996. The van der Waals surface area contributed by atoms with Gasteiger partial charge in [-0.15, -0.1) is 13.2 Å². The zero-order chi connectivity index (χ0) is 21.8. The molecule has 0 aliphatic carbocycles.